The average molecular weight is 379 g/mol. The molecule has 7 heteroatoms. The van der Waals surface area contributed by atoms with E-state index in [4.69, 9.17) is 23.2 Å². The van der Waals surface area contributed by atoms with Gasteiger partial charge < -0.3 is 10.2 Å². The highest BCUT2D eigenvalue weighted by Crippen LogP contribution is 2.24. The van der Waals surface area contributed by atoms with E-state index >= 15 is 0 Å². The van der Waals surface area contributed by atoms with Crippen LogP contribution in [-0.2, 0) is 11.2 Å². The maximum Gasteiger partial charge on any atom is 0.224 e. The molecule has 1 aromatic heterocycles. The van der Waals surface area contributed by atoms with Crippen LogP contribution in [0.25, 0.3) is 0 Å². The summed E-state index contributed by atoms with van der Waals surface area (Å²) in [5.41, 5.74) is 2.67. The lowest BCUT2D eigenvalue weighted by molar-refractivity contribution is -0.121. The van der Waals surface area contributed by atoms with Crippen LogP contribution in [0.5, 0.6) is 0 Å². The fourth-order valence-electron chi connectivity index (χ4n) is 2.89. The zero-order valence-corrected chi connectivity index (χ0v) is 15.5. The number of anilines is 1. The molecule has 0 aliphatic carbocycles. The van der Waals surface area contributed by atoms with Gasteiger partial charge in [-0.05, 0) is 36.6 Å². The van der Waals surface area contributed by atoms with Crippen molar-refractivity contribution < 1.29 is 4.79 Å². The van der Waals surface area contributed by atoms with E-state index in [1.807, 2.05) is 43.3 Å². The number of hydrogen-bond donors (Lipinski definition) is 1. The topological polar surface area (TPSA) is 58.1 Å². The quantitative estimate of drug-likeness (QED) is 0.811. The van der Waals surface area contributed by atoms with Gasteiger partial charge in [-0.3, -0.25) is 4.79 Å². The van der Waals surface area contributed by atoms with E-state index in [9.17, 15) is 4.79 Å². The van der Waals surface area contributed by atoms with Crippen LogP contribution in [0.2, 0.25) is 0 Å². The second-order valence-corrected chi connectivity index (χ2v) is 7.35. The third-order valence-corrected chi connectivity index (χ3v) is 4.76. The van der Waals surface area contributed by atoms with Gasteiger partial charge in [0.15, 0.2) is 5.82 Å². The van der Waals surface area contributed by atoms with Crippen LogP contribution in [0.3, 0.4) is 0 Å². The Labute approximate surface area is 157 Å². The van der Waals surface area contributed by atoms with Crippen molar-refractivity contribution in [2.75, 3.05) is 18.0 Å². The molecule has 5 nitrogen and oxygen atoms in total. The Morgan fingerprint density at radius 1 is 1.24 bits per heavy atom. The van der Waals surface area contributed by atoms with Crippen molar-refractivity contribution in [2.45, 2.75) is 30.6 Å². The van der Waals surface area contributed by atoms with Crippen molar-refractivity contribution in [3.63, 3.8) is 0 Å². The number of nitrogens with zero attached hydrogens (tertiary/aromatic N) is 3. The SMILES string of the molecule is Cc1ccc(N2CC[C@H](NC(=O)Cc3ccc(C(Cl)Cl)cc3)C2)nn1. The van der Waals surface area contributed by atoms with Gasteiger partial charge in [0.1, 0.15) is 4.84 Å². The maximum absolute atomic E-state index is 12.3. The highest BCUT2D eigenvalue weighted by Gasteiger charge is 2.25. The van der Waals surface area contributed by atoms with Gasteiger partial charge in [-0.15, -0.1) is 28.3 Å². The minimum absolute atomic E-state index is 0.0166. The lowest BCUT2D eigenvalue weighted by Gasteiger charge is -2.17. The van der Waals surface area contributed by atoms with Crippen molar-refractivity contribution in [2.24, 2.45) is 0 Å². The summed E-state index contributed by atoms with van der Waals surface area (Å²) in [5, 5.41) is 11.4. The van der Waals surface area contributed by atoms with Crippen LogP contribution in [0.4, 0.5) is 5.82 Å². The van der Waals surface area contributed by atoms with Gasteiger partial charge in [0.25, 0.3) is 0 Å². The fraction of sp³-hybridized carbons (Fsp3) is 0.389. The van der Waals surface area contributed by atoms with Crippen LogP contribution < -0.4 is 10.2 Å². The third-order valence-electron chi connectivity index (χ3n) is 4.26. The van der Waals surface area contributed by atoms with Gasteiger partial charge in [-0.25, -0.2) is 0 Å². The van der Waals surface area contributed by atoms with Crippen LogP contribution in [0, 0.1) is 6.92 Å². The highest BCUT2D eigenvalue weighted by molar-refractivity contribution is 6.44. The molecule has 132 valence electrons. The molecule has 1 amide bonds. The molecule has 3 rings (SSSR count). The molecule has 1 N–H and O–H groups in total. The predicted molar refractivity (Wildman–Crippen MR) is 100 cm³/mol. The minimum atomic E-state index is -0.544. The first-order valence-electron chi connectivity index (χ1n) is 8.23. The van der Waals surface area contributed by atoms with Crippen molar-refractivity contribution in [1.29, 1.82) is 0 Å². The molecule has 0 bridgehead atoms. The van der Waals surface area contributed by atoms with Gasteiger partial charge >= 0.3 is 0 Å². The lowest BCUT2D eigenvalue weighted by atomic mass is 10.1. The van der Waals surface area contributed by atoms with Crippen LogP contribution in [-0.4, -0.2) is 35.2 Å². The van der Waals surface area contributed by atoms with Gasteiger partial charge in [0.2, 0.25) is 5.91 Å². The molecule has 1 aliphatic heterocycles. The number of amides is 1. The second-order valence-electron chi connectivity index (χ2n) is 6.25. The first kappa shape index (κ1) is 18.0. The van der Waals surface area contributed by atoms with E-state index in [0.717, 1.165) is 42.1 Å². The first-order chi connectivity index (χ1) is 12.0. The normalized spacial score (nSPS) is 17.1. The molecule has 0 radical (unpaired) electrons. The summed E-state index contributed by atoms with van der Waals surface area (Å²) in [6, 6.07) is 11.5. The Morgan fingerprint density at radius 3 is 2.64 bits per heavy atom. The van der Waals surface area contributed by atoms with Crippen molar-refractivity contribution in [3.8, 4) is 0 Å². The molecule has 2 aromatic rings. The van der Waals surface area contributed by atoms with E-state index in [1.165, 1.54) is 0 Å². The molecule has 0 spiro atoms. The average Bonchev–Trinajstić information content (AvgIpc) is 3.04. The van der Waals surface area contributed by atoms with E-state index in [-0.39, 0.29) is 11.9 Å². The van der Waals surface area contributed by atoms with E-state index < -0.39 is 4.84 Å². The molecular weight excluding hydrogens is 359 g/mol. The van der Waals surface area contributed by atoms with Crippen LogP contribution >= 0.6 is 23.2 Å². The largest absolute Gasteiger partial charge is 0.353 e. The van der Waals surface area contributed by atoms with Gasteiger partial charge in [0.05, 0.1) is 12.1 Å². The summed E-state index contributed by atoms with van der Waals surface area (Å²) in [6.45, 7) is 3.53. The minimum Gasteiger partial charge on any atom is -0.353 e. The summed E-state index contributed by atoms with van der Waals surface area (Å²) in [5.74, 6) is 0.873. The Bertz CT molecular complexity index is 719. The molecule has 0 unspecified atom stereocenters. The molecule has 1 fully saturated rings. The molecule has 1 saturated heterocycles. The summed E-state index contributed by atoms with van der Waals surface area (Å²) in [7, 11) is 0. The summed E-state index contributed by atoms with van der Waals surface area (Å²) in [6.07, 6.45) is 1.25. The van der Waals surface area contributed by atoms with Crippen molar-refractivity contribution in [1.82, 2.24) is 15.5 Å². The summed E-state index contributed by atoms with van der Waals surface area (Å²) < 4.78 is 0. The Hall–Kier alpha value is -1.85. The van der Waals surface area contributed by atoms with Gasteiger partial charge in [0, 0.05) is 19.1 Å². The van der Waals surface area contributed by atoms with Gasteiger partial charge in [-0.1, -0.05) is 24.3 Å². The number of carbonyl (C=O) groups excluding carboxylic acids is 1. The smallest absolute Gasteiger partial charge is 0.224 e. The van der Waals surface area contributed by atoms with E-state index in [0.29, 0.717) is 6.42 Å². The number of aryl methyl sites for hydroxylation is 1. The molecule has 25 heavy (non-hydrogen) atoms. The molecule has 1 atom stereocenters. The number of hydrogen-bond acceptors (Lipinski definition) is 4. The molecule has 0 saturated carbocycles. The number of halogens is 2. The molecule has 2 heterocycles. The van der Waals surface area contributed by atoms with Crippen LogP contribution in [0.15, 0.2) is 36.4 Å². The number of nitrogens with one attached hydrogen (secondary N) is 1. The first-order valence-corrected chi connectivity index (χ1v) is 9.10. The lowest BCUT2D eigenvalue weighted by Crippen LogP contribution is -2.38. The number of rotatable bonds is 5. The van der Waals surface area contributed by atoms with Crippen LogP contribution in [0.1, 0.15) is 28.1 Å². The Balaban J connectivity index is 1.51. The molecule has 1 aliphatic rings. The highest BCUT2D eigenvalue weighted by atomic mass is 35.5. The third kappa shape index (κ3) is 4.83. The van der Waals surface area contributed by atoms with Crippen molar-refractivity contribution >= 4 is 34.9 Å². The zero-order valence-electron chi connectivity index (χ0n) is 14.0. The Morgan fingerprint density at radius 2 is 2.00 bits per heavy atom. The van der Waals surface area contributed by atoms with E-state index in [2.05, 4.69) is 20.4 Å². The number of alkyl halides is 2. The molecular formula is C18H20Cl2N4O. The Kier molecular flexibility index (Phi) is 5.76. The number of aromatic nitrogens is 2. The summed E-state index contributed by atoms with van der Waals surface area (Å²) in [4.78, 5) is 13.9. The monoisotopic (exact) mass is 378 g/mol. The molecule has 1 aromatic carbocycles. The number of benzene rings is 1. The fourth-order valence-corrected chi connectivity index (χ4v) is 3.18. The predicted octanol–water partition coefficient (Wildman–Crippen LogP) is 3.20. The second kappa shape index (κ2) is 8.02. The van der Waals surface area contributed by atoms with Crippen molar-refractivity contribution in [3.05, 3.63) is 53.2 Å². The standard InChI is InChI=1S/C18H20Cl2N4O/c1-12-2-7-16(23-22-12)24-9-8-15(11-24)21-17(25)10-13-3-5-14(6-4-13)18(19)20/h2-7,15,18H,8-11H2,1H3,(H,21,25)/t15-/m0/s1. The van der Waals surface area contributed by atoms with E-state index in [1.54, 1.807) is 0 Å². The zero-order chi connectivity index (χ0) is 17.8. The summed E-state index contributed by atoms with van der Waals surface area (Å²) >= 11 is 11.6. The maximum atomic E-state index is 12.3. The number of carbonyl (C=O) groups is 1. The van der Waals surface area contributed by atoms with Gasteiger partial charge in [-0.2, -0.15) is 5.10 Å².